The zero-order valence-corrected chi connectivity index (χ0v) is 17.2. The summed E-state index contributed by atoms with van der Waals surface area (Å²) in [6.07, 6.45) is 1.89. The van der Waals surface area contributed by atoms with E-state index in [9.17, 15) is 14.0 Å². The van der Waals surface area contributed by atoms with E-state index in [0.29, 0.717) is 11.3 Å². The molecule has 1 fully saturated rings. The maximum atomic E-state index is 13.6. The monoisotopic (exact) mass is 414 g/mol. The van der Waals surface area contributed by atoms with Crippen molar-refractivity contribution in [3.05, 3.63) is 101 Å². The van der Waals surface area contributed by atoms with E-state index in [1.165, 1.54) is 12.1 Å². The first-order valence-corrected chi connectivity index (χ1v) is 10.6. The van der Waals surface area contributed by atoms with Gasteiger partial charge >= 0.3 is 0 Å². The number of aryl methyl sites for hydroxylation is 1. The van der Waals surface area contributed by atoms with Crippen LogP contribution in [0, 0.1) is 12.7 Å². The van der Waals surface area contributed by atoms with Crippen LogP contribution >= 0.6 is 0 Å². The Kier molecular flexibility index (Phi) is 4.81. The molecule has 2 amide bonds. The Hall–Kier alpha value is -3.47. The maximum absolute atomic E-state index is 13.6. The number of hydrogen-bond acceptors (Lipinski definition) is 2. The van der Waals surface area contributed by atoms with E-state index in [1.807, 2.05) is 48.2 Å². The highest BCUT2D eigenvalue weighted by molar-refractivity contribution is 6.04. The molecule has 1 N–H and O–H groups in total. The fraction of sp³-hybridized carbons (Fsp3) is 0.231. The van der Waals surface area contributed by atoms with Gasteiger partial charge in [0.25, 0.3) is 5.91 Å². The summed E-state index contributed by atoms with van der Waals surface area (Å²) in [5.41, 5.74) is 3.88. The second-order valence-corrected chi connectivity index (χ2v) is 8.36. The molecule has 0 radical (unpaired) electrons. The molecule has 3 aromatic rings. The smallest absolute Gasteiger partial charge is 0.254 e. The van der Waals surface area contributed by atoms with Gasteiger partial charge in [0.1, 0.15) is 5.82 Å². The minimum atomic E-state index is -0.568. The van der Waals surface area contributed by atoms with Crippen LogP contribution in [0.5, 0.6) is 0 Å². The Balaban J connectivity index is 1.63. The molecule has 0 unspecified atom stereocenters. The van der Waals surface area contributed by atoms with Gasteiger partial charge in [-0.15, -0.1) is 0 Å². The van der Waals surface area contributed by atoms with E-state index >= 15 is 0 Å². The van der Waals surface area contributed by atoms with Gasteiger partial charge in [0, 0.05) is 17.3 Å². The molecule has 5 heteroatoms. The SMILES string of the molecule is Cc1cccc([C@H]2[C@H](C(=O)Nc3ccc(F)cc3)c3ccccc3C(=O)N2C2CC2)c1. The Labute approximate surface area is 180 Å². The summed E-state index contributed by atoms with van der Waals surface area (Å²) in [4.78, 5) is 29.0. The summed E-state index contributed by atoms with van der Waals surface area (Å²) in [5.74, 6) is -1.15. The van der Waals surface area contributed by atoms with Crippen molar-refractivity contribution in [1.29, 1.82) is 0 Å². The van der Waals surface area contributed by atoms with Crippen LogP contribution in [0.3, 0.4) is 0 Å². The summed E-state index contributed by atoms with van der Waals surface area (Å²) in [6.45, 7) is 2.01. The van der Waals surface area contributed by atoms with E-state index in [0.717, 1.165) is 29.5 Å². The first-order chi connectivity index (χ1) is 15.0. The van der Waals surface area contributed by atoms with Crippen molar-refractivity contribution in [2.24, 2.45) is 0 Å². The fourth-order valence-corrected chi connectivity index (χ4v) is 4.55. The second-order valence-electron chi connectivity index (χ2n) is 8.36. The largest absolute Gasteiger partial charge is 0.327 e. The summed E-state index contributed by atoms with van der Waals surface area (Å²) in [7, 11) is 0. The van der Waals surface area contributed by atoms with E-state index in [-0.39, 0.29) is 23.7 Å². The predicted octanol–water partition coefficient (Wildman–Crippen LogP) is 5.22. The summed E-state index contributed by atoms with van der Waals surface area (Å²) in [6, 6.07) is 20.9. The summed E-state index contributed by atoms with van der Waals surface area (Å²) >= 11 is 0. The van der Waals surface area contributed by atoms with Crippen LogP contribution in [0.15, 0.2) is 72.8 Å². The van der Waals surface area contributed by atoms with Crippen LogP contribution in [0.25, 0.3) is 0 Å². The highest BCUT2D eigenvalue weighted by atomic mass is 19.1. The lowest BCUT2D eigenvalue weighted by atomic mass is 9.78. The molecule has 0 saturated heterocycles. The van der Waals surface area contributed by atoms with Gasteiger partial charge in [-0.1, -0.05) is 48.0 Å². The molecular formula is C26H23FN2O2. The maximum Gasteiger partial charge on any atom is 0.254 e. The van der Waals surface area contributed by atoms with Gasteiger partial charge in [0.2, 0.25) is 5.91 Å². The van der Waals surface area contributed by atoms with E-state index in [2.05, 4.69) is 11.4 Å². The first-order valence-electron chi connectivity index (χ1n) is 10.6. The third-order valence-corrected chi connectivity index (χ3v) is 6.09. The summed E-state index contributed by atoms with van der Waals surface area (Å²) < 4.78 is 13.3. The quantitative estimate of drug-likeness (QED) is 0.637. The number of carbonyl (C=O) groups excluding carboxylic acids is 2. The molecule has 1 heterocycles. The van der Waals surface area contributed by atoms with Crippen molar-refractivity contribution < 1.29 is 14.0 Å². The molecule has 2 aliphatic rings. The number of anilines is 1. The highest BCUT2D eigenvalue weighted by Gasteiger charge is 2.49. The topological polar surface area (TPSA) is 49.4 Å². The molecular weight excluding hydrogens is 391 g/mol. The lowest BCUT2D eigenvalue weighted by Crippen LogP contribution is -2.47. The number of nitrogens with one attached hydrogen (secondary N) is 1. The molecule has 2 atom stereocenters. The van der Waals surface area contributed by atoms with Crippen LogP contribution in [-0.2, 0) is 4.79 Å². The van der Waals surface area contributed by atoms with Gasteiger partial charge < -0.3 is 10.2 Å². The molecule has 1 aliphatic heterocycles. The van der Waals surface area contributed by atoms with Gasteiger partial charge in [-0.2, -0.15) is 0 Å². The van der Waals surface area contributed by atoms with Gasteiger partial charge in [-0.25, -0.2) is 4.39 Å². The van der Waals surface area contributed by atoms with Crippen LogP contribution in [0.4, 0.5) is 10.1 Å². The van der Waals surface area contributed by atoms with E-state index in [1.54, 1.807) is 18.2 Å². The predicted molar refractivity (Wildman–Crippen MR) is 117 cm³/mol. The standard InChI is InChI=1S/C26H23FN2O2/c1-16-5-4-6-17(15-16)24-23(25(30)28-19-11-9-18(27)10-12-19)21-7-2-3-8-22(21)26(31)29(24)20-13-14-20/h2-12,15,20,23-24H,13-14H2,1H3,(H,28,30)/t23-,24+/m1/s1. The third kappa shape index (κ3) is 3.61. The molecule has 0 aromatic heterocycles. The van der Waals surface area contributed by atoms with Gasteiger partial charge in [0.15, 0.2) is 0 Å². The normalized spacial score (nSPS) is 20.3. The molecule has 156 valence electrons. The number of fused-ring (bicyclic) bond motifs is 1. The molecule has 1 saturated carbocycles. The number of rotatable bonds is 4. The molecule has 3 aromatic carbocycles. The number of nitrogens with zero attached hydrogens (tertiary/aromatic N) is 1. The van der Waals surface area contributed by atoms with Crippen molar-refractivity contribution in [3.63, 3.8) is 0 Å². The number of benzene rings is 3. The van der Waals surface area contributed by atoms with E-state index in [4.69, 9.17) is 0 Å². The number of hydrogen-bond donors (Lipinski definition) is 1. The summed E-state index contributed by atoms with van der Waals surface area (Å²) in [5, 5.41) is 2.95. The molecule has 4 nitrogen and oxygen atoms in total. The highest BCUT2D eigenvalue weighted by Crippen LogP contribution is 2.48. The zero-order valence-electron chi connectivity index (χ0n) is 17.2. The lowest BCUT2D eigenvalue weighted by Gasteiger charge is -2.42. The van der Waals surface area contributed by atoms with Crippen LogP contribution < -0.4 is 5.32 Å². The number of halogens is 1. The Morgan fingerprint density at radius 2 is 1.74 bits per heavy atom. The molecule has 1 aliphatic carbocycles. The lowest BCUT2D eigenvalue weighted by molar-refractivity contribution is -0.119. The number of amides is 2. The first kappa shape index (κ1) is 19.5. The molecule has 0 spiro atoms. The zero-order chi connectivity index (χ0) is 21.5. The van der Waals surface area contributed by atoms with E-state index < -0.39 is 12.0 Å². The molecule has 31 heavy (non-hydrogen) atoms. The van der Waals surface area contributed by atoms with Crippen molar-refractivity contribution in [3.8, 4) is 0 Å². The van der Waals surface area contributed by atoms with Crippen molar-refractivity contribution >= 4 is 17.5 Å². The van der Waals surface area contributed by atoms with Gasteiger partial charge in [-0.3, -0.25) is 9.59 Å². The minimum absolute atomic E-state index is 0.0181. The Morgan fingerprint density at radius 1 is 1.00 bits per heavy atom. The average Bonchev–Trinajstić information content (AvgIpc) is 3.60. The van der Waals surface area contributed by atoms with Gasteiger partial charge in [-0.05, 0) is 61.2 Å². The van der Waals surface area contributed by atoms with Crippen LogP contribution in [-0.4, -0.2) is 22.8 Å². The third-order valence-electron chi connectivity index (χ3n) is 6.09. The minimum Gasteiger partial charge on any atom is -0.327 e. The van der Waals surface area contributed by atoms with Crippen LogP contribution in [0.1, 0.15) is 51.8 Å². The Bertz CT molecular complexity index is 1150. The van der Waals surface area contributed by atoms with Crippen molar-refractivity contribution in [1.82, 2.24) is 4.90 Å². The second kappa shape index (κ2) is 7.65. The van der Waals surface area contributed by atoms with Gasteiger partial charge in [0.05, 0.1) is 12.0 Å². The van der Waals surface area contributed by atoms with Crippen LogP contribution in [0.2, 0.25) is 0 Å². The van der Waals surface area contributed by atoms with Crippen molar-refractivity contribution in [2.75, 3.05) is 5.32 Å². The molecule has 0 bridgehead atoms. The average molecular weight is 414 g/mol. The fourth-order valence-electron chi connectivity index (χ4n) is 4.55. The Morgan fingerprint density at radius 3 is 2.45 bits per heavy atom. The van der Waals surface area contributed by atoms with Crippen molar-refractivity contribution in [2.45, 2.75) is 37.8 Å². The molecule has 5 rings (SSSR count). The number of carbonyl (C=O) groups is 2.